The number of carbonyl (C=O) groups is 1. The number of nitrogens with one attached hydrogen (secondary N) is 2. The second-order valence-electron chi connectivity index (χ2n) is 7.27. The molecule has 2 aromatic rings. The van der Waals surface area contributed by atoms with Gasteiger partial charge in [0.2, 0.25) is 5.95 Å². The summed E-state index contributed by atoms with van der Waals surface area (Å²) in [6, 6.07) is 5.03. The Kier molecular flexibility index (Phi) is 8.14. The van der Waals surface area contributed by atoms with Gasteiger partial charge in [-0.25, -0.2) is 14.4 Å². The summed E-state index contributed by atoms with van der Waals surface area (Å²) >= 11 is 0. The lowest BCUT2D eigenvalue weighted by atomic mass is 10.1. The summed E-state index contributed by atoms with van der Waals surface area (Å²) in [6.07, 6.45) is 3.24. The molecule has 4 N–H and O–H groups in total. The number of halogens is 1. The van der Waals surface area contributed by atoms with E-state index in [0.29, 0.717) is 51.0 Å². The molecular formula is C21H28FN7O3. The van der Waals surface area contributed by atoms with E-state index < -0.39 is 11.8 Å². The number of methoxy groups -OCH3 is 1. The number of piperazine rings is 1. The van der Waals surface area contributed by atoms with Gasteiger partial charge in [0, 0.05) is 45.4 Å². The first-order valence-electron chi connectivity index (χ1n) is 10.3. The topological polar surface area (TPSA) is 130 Å². The summed E-state index contributed by atoms with van der Waals surface area (Å²) in [6.45, 7) is 3.64. The van der Waals surface area contributed by atoms with Crippen molar-refractivity contribution >= 4 is 29.1 Å². The molecule has 1 aromatic heterocycles. The highest BCUT2D eigenvalue weighted by Gasteiger charge is 2.22. The van der Waals surface area contributed by atoms with Crippen LogP contribution < -0.4 is 20.9 Å². The lowest BCUT2D eigenvalue weighted by Gasteiger charge is -2.37. The second-order valence-corrected chi connectivity index (χ2v) is 7.27. The average molecular weight is 445 g/mol. The number of ether oxygens (including phenoxy) is 2. The van der Waals surface area contributed by atoms with Crippen LogP contribution in [-0.2, 0) is 20.9 Å². The Bertz CT molecular complexity index is 918. The lowest BCUT2D eigenvalue weighted by molar-refractivity contribution is -0.143. The van der Waals surface area contributed by atoms with Gasteiger partial charge in [-0.15, -0.1) is 0 Å². The van der Waals surface area contributed by atoms with Crippen LogP contribution in [0, 0.1) is 11.2 Å². The number of nitrogens with two attached hydrogens (primary N) is 1. The van der Waals surface area contributed by atoms with Crippen molar-refractivity contribution in [3.05, 3.63) is 42.0 Å². The van der Waals surface area contributed by atoms with Gasteiger partial charge < -0.3 is 30.3 Å². The molecule has 2 heterocycles. The van der Waals surface area contributed by atoms with E-state index in [4.69, 9.17) is 20.6 Å². The molecule has 0 amide bonds. The highest BCUT2D eigenvalue weighted by molar-refractivity contribution is 5.94. The monoisotopic (exact) mass is 445 g/mol. The molecule has 11 heteroatoms. The highest BCUT2D eigenvalue weighted by Crippen LogP contribution is 2.25. The molecule has 0 bridgehead atoms. The molecule has 32 heavy (non-hydrogen) atoms. The molecule has 172 valence electrons. The fourth-order valence-corrected chi connectivity index (χ4v) is 3.33. The number of hydrogen-bond donors (Lipinski definition) is 3. The summed E-state index contributed by atoms with van der Waals surface area (Å²) in [5, 5.41) is 10.2. The molecule has 0 spiro atoms. The maximum Gasteiger partial charge on any atom is 0.313 e. The van der Waals surface area contributed by atoms with E-state index in [1.54, 1.807) is 37.7 Å². The summed E-state index contributed by atoms with van der Waals surface area (Å²) in [5.41, 5.74) is 6.85. The van der Waals surface area contributed by atoms with Gasteiger partial charge in [-0.05, 0) is 6.07 Å². The molecule has 0 atom stereocenters. The Morgan fingerprint density at radius 1 is 1.22 bits per heavy atom. The number of amidine groups is 1. The first kappa shape index (κ1) is 23.2. The van der Waals surface area contributed by atoms with Crippen LogP contribution in [0.4, 0.5) is 21.7 Å². The van der Waals surface area contributed by atoms with Gasteiger partial charge in [-0.1, -0.05) is 12.1 Å². The van der Waals surface area contributed by atoms with Crippen LogP contribution in [-0.4, -0.2) is 68.2 Å². The third kappa shape index (κ3) is 6.27. The molecule has 0 aliphatic carbocycles. The van der Waals surface area contributed by atoms with Crippen LogP contribution >= 0.6 is 0 Å². The smallest absolute Gasteiger partial charge is 0.313 e. The van der Waals surface area contributed by atoms with E-state index in [-0.39, 0.29) is 24.4 Å². The second kappa shape index (κ2) is 11.2. The van der Waals surface area contributed by atoms with Gasteiger partial charge in [0.15, 0.2) is 5.82 Å². The van der Waals surface area contributed by atoms with E-state index in [1.165, 1.54) is 0 Å². The minimum absolute atomic E-state index is 0.201. The number of hydrogen-bond acceptors (Lipinski definition) is 9. The number of rotatable bonds is 10. The zero-order chi connectivity index (χ0) is 22.9. The molecule has 3 rings (SSSR count). The standard InChI is InChI=1S/C21H28FN7O3/c1-31-10-5-25-21-26-12-16(13-27-21)28-6-8-29(9-7-28)17-4-2-3-15(20(17)22)14-32-19(30)11-18(23)24/h2-4,12-13H,5-11,14H2,1H3,(H3,23,24)(H,25,26,27). The van der Waals surface area contributed by atoms with Crippen molar-refractivity contribution < 1.29 is 18.7 Å². The SMILES string of the molecule is COCCNc1ncc(N2CCN(c3cccc(COC(=O)CC(=N)N)c3F)CC2)cn1. The Balaban J connectivity index is 1.55. The van der Waals surface area contributed by atoms with Crippen LogP contribution in [0.15, 0.2) is 30.6 Å². The molecule has 1 aliphatic heterocycles. The normalized spacial score (nSPS) is 13.7. The highest BCUT2D eigenvalue weighted by atomic mass is 19.1. The van der Waals surface area contributed by atoms with Crippen LogP contribution in [0.3, 0.4) is 0 Å². The number of aromatic nitrogens is 2. The predicted molar refractivity (Wildman–Crippen MR) is 120 cm³/mol. The van der Waals surface area contributed by atoms with Gasteiger partial charge in [-0.2, -0.15) is 0 Å². The van der Waals surface area contributed by atoms with Gasteiger partial charge in [0.05, 0.1) is 30.4 Å². The summed E-state index contributed by atoms with van der Waals surface area (Å²) in [4.78, 5) is 24.4. The Morgan fingerprint density at radius 2 is 1.91 bits per heavy atom. The molecule has 0 unspecified atom stereocenters. The van der Waals surface area contributed by atoms with Crippen molar-refractivity contribution in [2.45, 2.75) is 13.0 Å². The minimum Gasteiger partial charge on any atom is -0.460 e. The van der Waals surface area contributed by atoms with Gasteiger partial charge in [0.1, 0.15) is 18.9 Å². The first-order chi connectivity index (χ1) is 15.5. The van der Waals surface area contributed by atoms with Crippen LogP contribution in [0.2, 0.25) is 0 Å². The molecule has 1 fully saturated rings. The average Bonchev–Trinajstić information content (AvgIpc) is 2.79. The van der Waals surface area contributed by atoms with Crippen molar-refractivity contribution in [1.29, 1.82) is 5.41 Å². The Labute approximate surface area is 186 Å². The van der Waals surface area contributed by atoms with Gasteiger partial charge in [0.25, 0.3) is 0 Å². The fraction of sp³-hybridized carbons (Fsp3) is 0.429. The van der Waals surface area contributed by atoms with Crippen LogP contribution in [0.25, 0.3) is 0 Å². The Hall–Kier alpha value is -3.47. The number of esters is 1. The molecule has 1 aromatic carbocycles. The largest absolute Gasteiger partial charge is 0.460 e. The number of anilines is 3. The fourth-order valence-electron chi connectivity index (χ4n) is 3.33. The molecule has 10 nitrogen and oxygen atoms in total. The van der Waals surface area contributed by atoms with Crippen LogP contribution in [0.1, 0.15) is 12.0 Å². The Morgan fingerprint density at radius 3 is 2.56 bits per heavy atom. The first-order valence-corrected chi connectivity index (χ1v) is 10.3. The van der Waals surface area contributed by atoms with Crippen molar-refractivity contribution in [3.8, 4) is 0 Å². The van der Waals surface area contributed by atoms with Crippen molar-refractivity contribution in [1.82, 2.24) is 9.97 Å². The molecule has 0 saturated carbocycles. The summed E-state index contributed by atoms with van der Waals surface area (Å²) < 4.78 is 25.0. The number of carbonyl (C=O) groups excluding carboxylic acids is 1. The third-order valence-electron chi connectivity index (χ3n) is 4.99. The summed E-state index contributed by atoms with van der Waals surface area (Å²) in [7, 11) is 1.64. The maximum atomic E-state index is 15.0. The lowest BCUT2D eigenvalue weighted by Crippen LogP contribution is -2.47. The van der Waals surface area contributed by atoms with E-state index in [0.717, 1.165) is 5.69 Å². The summed E-state index contributed by atoms with van der Waals surface area (Å²) in [5.74, 6) is -0.804. The molecule has 0 radical (unpaired) electrons. The molecular weight excluding hydrogens is 417 g/mol. The van der Waals surface area contributed by atoms with Crippen LogP contribution in [0.5, 0.6) is 0 Å². The quantitative estimate of drug-likeness (QED) is 0.215. The van der Waals surface area contributed by atoms with E-state index in [1.807, 2.05) is 4.90 Å². The van der Waals surface area contributed by atoms with Crippen molar-refractivity contribution in [2.75, 3.05) is 61.6 Å². The minimum atomic E-state index is -0.655. The van der Waals surface area contributed by atoms with Gasteiger partial charge in [-0.3, -0.25) is 10.2 Å². The number of benzene rings is 1. The number of nitrogens with zero attached hydrogens (tertiary/aromatic N) is 4. The van der Waals surface area contributed by atoms with E-state index in [2.05, 4.69) is 20.2 Å². The van der Waals surface area contributed by atoms with E-state index >= 15 is 4.39 Å². The van der Waals surface area contributed by atoms with E-state index in [9.17, 15) is 4.79 Å². The van der Waals surface area contributed by atoms with Gasteiger partial charge >= 0.3 is 5.97 Å². The zero-order valence-electron chi connectivity index (χ0n) is 18.0. The van der Waals surface area contributed by atoms with Crippen molar-refractivity contribution in [2.24, 2.45) is 5.73 Å². The molecule has 1 aliphatic rings. The zero-order valence-corrected chi connectivity index (χ0v) is 18.0. The molecule has 1 saturated heterocycles. The van der Waals surface area contributed by atoms with Crippen molar-refractivity contribution in [3.63, 3.8) is 0 Å². The predicted octanol–water partition coefficient (Wildman–Crippen LogP) is 1.37. The third-order valence-corrected chi connectivity index (χ3v) is 4.99. The maximum absolute atomic E-state index is 15.0.